The van der Waals surface area contributed by atoms with Gasteiger partial charge in [-0.15, -0.1) is 0 Å². The molecule has 7 heteroatoms. The van der Waals surface area contributed by atoms with Crippen molar-refractivity contribution in [1.29, 1.82) is 0 Å². The molecule has 1 atom stereocenters. The second kappa shape index (κ2) is 6.32. The van der Waals surface area contributed by atoms with Crippen LogP contribution in [0.5, 0.6) is 0 Å². The van der Waals surface area contributed by atoms with E-state index in [9.17, 15) is 13.2 Å². The molecule has 0 spiro atoms. The molecule has 1 unspecified atom stereocenters. The van der Waals surface area contributed by atoms with E-state index in [-0.39, 0.29) is 17.7 Å². The maximum atomic E-state index is 12.7. The zero-order valence-corrected chi connectivity index (χ0v) is 14.5. The van der Waals surface area contributed by atoms with Gasteiger partial charge in [0.05, 0.1) is 23.7 Å². The Morgan fingerprint density at radius 3 is 2.71 bits per heavy atom. The Bertz CT molecular complexity index is 830. The maximum absolute atomic E-state index is 12.7. The van der Waals surface area contributed by atoms with E-state index in [4.69, 9.17) is 4.42 Å². The van der Waals surface area contributed by atoms with Gasteiger partial charge in [-0.3, -0.25) is 9.10 Å². The van der Waals surface area contributed by atoms with E-state index in [2.05, 4.69) is 0 Å². The summed E-state index contributed by atoms with van der Waals surface area (Å²) in [5.41, 5.74) is 0.993. The summed E-state index contributed by atoms with van der Waals surface area (Å²) in [5, 5.41) is 0. The highest BCUT2D eigenvalue weighted by Gasteiger charge is 2.29. The lowest BCUT2D eigenvalue weighted by atomic mass is 10.1. The second-order valence-electron chi connectivity index (χ2n) is 5.90. The molecular weight excluding hydrogens is 328 g/mol. The fourth-order valence-corrected chi connectivity index (χ4v) is 4.38. The summed E-state index contributed by atoms with van der Waals surface area (Å²) < 4.78 is 30.8. The van der Waals surface area contributed by atoms with Crippen LogP contribution in [-0.2, 0) is 10.0 Å². The van der Waals surface area contributed by atoms with Gasteiger partial charge in [-0.2, -0.15) is 0 Å². The van der Waals surface area contributed by atoms with Crippen LogP contribution in [0.3, 0.4) is 0 Å². The molecule has 6 nitrogen and oxygen atoms in total. The number of carbonyl (C=O) groups is 1. The van der Waals surface area contributed by atoms with Crippen LogP contribution < -0.4 is 4.31 Å². The van der Waals surface area contributed by atoms with Gasteiger partial charge in [0.15, 0.2) is 0 Å². The topological polar surface area (TPSA) is 70.8 Å². The molecule has 0 aliphatic carbocycles. The van der Waals surface area contributed by atoms with Gasteiger partial charge >= 0.3 is 0 Å². The van der Waals surface area contributed by atoms with Crippen LogP contribution in [-0.4, -0.2) is 38.6 Å². The number of amides is 1. The Hall–Kier alpha value is -2.28. The summed E-state index contributed by atoms with van der Waals surface area (Å²) in [7, 11) is -1.56. The van der Waals surface area contributed by atoms with Crippen LogP contribution in [0.1, 0.15) is 35.5 Å². The lowest BCUT2D eigenvalue weighted by Crippen LogP contribution is -2.30. The first-order valence-electron chi connectivity index (χ1n) is 7.81. The predicted molar refractivity (Wildman–Crippen MR) is 91.4 cm³/mol. The van der Waals surface area contributed by atoms with Crippen LogP contribution in [0.2, 0.25) is 0 Å². The maximum Gasteiger partial charge on any atom is 0.254 e. The van der Waals surface area contributed by atoms with Crippen LogP contribution in [0.25, 0.3) is 0 Å². The molecule has 2 aromatic rings. The number of nitrogens with zero attached hydrogens (tertiary/aromatic N) is 2. The summed E-state index contributed by atoms with van der Waals surface area (Å²) in [6.07, 6.45) is 2.18. The van der Waals surface area contributed by atoms with E-state index in [1.54, 1.807) is 48.5 Å². The highest BCUT2D eigenvalue weighted by molar-refractivity contribution is 7.93. The predicted octanol–water partition coefficient (Wildman–Crippen LogP) is 2.65. The normalized spacial score (nSPS) is 17.7. The van der Waals surface area contributed by atoms with Gasteiger partial charge in [0.2, 0.25) is 10.0 Å². The molecule has 1 aliphatic rings. The second-order valence-corrected chi connectivity index (χ2v) is 7.91. The number of sulfonamides is 1. The first kappa shape index (κ1) is 16.6. The number of furan rings is 1. The molecule has 24 heavy (non-hydrogen) atoms. The van der Waals surface area contributed by atoms with Crippen molar-refractivity contribution in [3.8, 4) is 0 Å². The van der Waals surface area contributed by atoms with E-state index in [0.717, 1.165) is 0 Å². The number of hydrogen-bond donors (Lipinski definition) is 0. The van der Waals surface area contributed by atoms with Gasteiger partial charge in [0, 0.05) is 19.2 Å². The smallest absolute Gasteiger partial charge is 0.254 e. The van der Waals surface area contributed by atoms with Gasteiger partial charge in [0.1, 0.15) is 5.76 Å². The van der Waals surface area contributed by atoms with E-state index in [1.165, 1.54) is 4.31 Å². The van der Waals surface area contributed by atoms with Crippen LogP contribution in [0.15, 0.2) is 47.1 Å². The molecule has 0 bridgehead atoms. The summed E-state index contributed by atoms with van der Waals surface area (Å²) in [6, 6.07) is 10.1. The van der Waals surface area contributed by atoms with E-state index < -0.39 is 10.0 Å². The van der Waals surface area contributed by atoms with E-state index in [1.807, 2.05) is 13.0 Å². The first-order chi connectivity index (χ1) is 11.4. The number of benzene rings is 1. The van der Waals surface area contributed by atoms with Crippen molar-refractivity contribution >= 4 is 21.6 Å². The molecule has 1 aromatic heterocycles. The van der Waals surface area contributed by atoms with Gasteiger partial charge in [-0.1, -0.05) is 6.07 Å². The van der Waals surface area contributed by atoms with Crippen molar-refractivity contribution in [2.24, 2.45) is 0 Å². The summed E-state index contributed by atoms with van der Waals surface area (Å²) in [4.78, 5) is 14.3. The largest absolute Gasteiger partial charge is 0.467 e. The lowest BCUT2D eigenvalue weighted by Gasteiger charge is -2.24. The van der Waals surface area contributed by atoms with Crippen LogP contribution in [0.4, 0.5) is 5.69 Å². The van der Waals surface area contributed by atoms with Gasteiger partial charge < -0.3 is 9.32 Å². The van der Waals surface area contributed by atoms with Crippen molar-refractivity contribution in [3.63, 3.8) is 0 Å². The van der Waals surface area contributed by atoms with Crippen molar-refractivity contribution in [2.75, 3.05) is 23.7 Å². The van der Waals surface area contributed by atoms with Crippen molar-refractivity contribution in [2.45, 2.75) is 19.4 Å². The quantitative estimate of drug-likeness (QED) is 0.852. The molecule has 1 amide bonds. The first-order valence-corrected chi connectivity index (χ1v) is 9.42. The zero-order chi connectivity index (χ0) is 17.3. The minimum Gasteiger partial charge on any atom is -0.467 e. The minimum atomic E-state index is -3.26. The molecule has 2 heterocycles. The number of hydrogen-bond acceptors (Lipinski definition) is 4. The molecule has 3 rings (SSSR count). The minimum absolute atomic E-state index is 0.153. The molecule has 1 aromatic carbocycles. The Morgan fingerprint density at radius 2 is 2.08 bits per heavy atom. The van der Waals surface area contributed by atoms with Gasteiger partial charge in [0.25, 0.3) is 5.91 Å². The Kier molecular flexibility index (Phi) is 4.36. The summed E-state index contributed by atoms with van der Waals surface area (Å²) in [6.45, 7) is 2.34. The van der Waals surface area contributed by atoms with Crippen molar-refractivity contribution < 1.29 is 17.6 Å². The third kappa shape index (κ3) is 3.03. The van der Waals surface area contributed by atoms with Gasteiger partial charge in [-0.05, 0) is 43.7 Å². The third-order valence-electron chi connectivity index (χ3n) is 4.34. The molecule has 0 N–H and O–H groups in total. The average Bonchev–Trinajstić information content (AvgIpc) is 3.22. The molecule has 1 saturated heterocycles. The number of anilines is 1. The molecular formula is C17H20N2O4S. The lowest BCUT2D eigenvalue weighted by molar-refractivity contribution is 0.0726. The number of carbonyl (C=O) groups excluding carboxylic acids is 1. The standard InChI is InChI=1S/C17H20N2O4S/c1-13(16-8-4-10-23-16)18(2)17(20)14-6-3-7-15(12-14)19-9-5-11-24(19,21)22/h3-4,6-8,10,12-13H,5,9,11H2,1-2H3. The molecule has 0 radical (unpaired) electrons. The third-order valence-corrected chi connectivity index (χ3v) is 6.21. The summed E-state index contributed by atoms with van der Waals surface area (Å²) in [5.74, 6) is 0.669. The van der Waals surface area contributed by atoms with Crippen LogP contribution >= 0.6 is 0 Å². The monoisotopic (exact) mass is 348 g/mol. The molecule has 128 valence electrons. The van der Waals surface area contributed by atoms with Crippen molar-refractivity contribution in [1.82, 2.24) is 4.90 Å². The fraction of sp³-hybridized carbons (Fsp3) is 0.353. The SMILES string of the molecule is CC(c1ccco1)N(C)C(=O)c1cccc(N2CCCS2(=O)=O)c1. The molecule has 1 aliphatic heterocycles. The Labute approximate surface area is 141 Å². The Balaban J connectivity index is 1.84. The zero-order valence-electron chi connectivity index (χ0n) is 13.7. The average molecular weight is 348 g/mol. The fourth-order valence-electron chi connectivity index (χ4n) is 2.82. The highest BCUT2D eigenvalue weighted by atomic mass is 32.2. The van der Waals surface area contributed by atoms with Crippen LogP contribution in [0, 0.1) is 0 Å². The van der Waals surface area contributed by atoms with E-state index >= 15 is 0 Å². The molecule has 0 saturated carbocycles. The number of rotatable bonds is 4. The molecule has 1 fully saturated rings. The summed E-state index contributed by atoms with van der Waals surface area (Å²) >= 11 is 0. The highest BCUT2D eigenvalue weighted by Crippen LogP contribution is 2.26. The van der Waals surface area contributed by atoms with E-state index in [0.29, 0.717) is 30.0 Å². The Morgan fingerprint density at radius 1 is 1.29 bits per heavy atom. The van der Waals surface area contributed by atoms with Gasteiger partial charge in [-0.25, -0.2) is 8.42 Å². The van der Waals surface area contributed by atoms with Crippen molar-refractivity contribution in [3.05, 3.63) is 54.0 Å².